The number of anilines is 2. The van der Waals surface area contributed by atoms with E-state index in [9.17, 15) is 4.79 Å². The second kappa shape index (κ2) is 6.64. The molecule has 4 heteroatoms. The summed E-state index contributed by atoms with van der Waals surface area (Å²) in [5.74, 6) is 0.637. The van der Waals surface area contributed by atoms with Crippen LogP contribution >= 0.6 is 0 Å². The standard InChI is InChI=1S/C22H21N3O/c1-3-16-7-6-8-17(14-16)24-21-18-9-4-5-10-19(18)22(26)25(21)20-13-15(2)11-12-23-20/h4-14,21,24H,3H2,1-2H3/t21-/m0/s1. The summed E-state index contributed by atoms with van der Waals surface area (Å²) in [5.41, 5.74) is 5.03. The van der Waals surface area contributed by atoms with Gasteiger partial charge in [-0.3, -0.25) is 9.69 Å². The molecule has 2 heterocycles. The Bertz CT molecular complexity index is 967. The molecule has 1 aromatic heterocycles. The minimum Gasteiger partial charge on any atom is -0.361 e. The third-order valence-corrected chi connectivity index (χ3v) is 4.75. The largest absolute Gasteiger partial charge is 0.361 e. The van der Waals surface area contributed by atoms with Crippen LogP contribution in [-0.2, 0) is 6.42 Å². The number of hydrogen-bond acceptors (Lipinski definition) is 3. The smallest absolute Gasteiger partial charge is 0.261 e. The van der Waals surface area contributed by atoms with Crippen molar-refractivity contribution in [1.29, 1.82) is 0 Å². The Labute approximate surface area is 153 Å². The molecule has 1 aliphatic rings. The number of rotatable bonds is 4. The molecule has 3 aromatic rings. The van der Waals surface area contributed by atoms with Gasteiger partial charge in [-0.25, -0.2) is 4.98 Å². The predicted molar refractivity (Wildman–Crippen MR) is 104 cm³/mol. The summed E-state index contributed by atoms with van der Waals surface area (Å²) >= 11 is 0. The van der Waals surface area contributed by atoms with Crippen molar-refractivity contribution < 1.29 is 4.79 Å². The number of amides is 1. The van der Waals surface area contributed by atoms with Crippen LogP contribution in [0.1, 0.15) is 40.1 Å². The molecule has 0 bridgehead atoms. The molecule has 2 aromatic carbocycles. The monoisotopic (exact) mass is 343 g/mol. The Balaban J connectivity index is 1.78. The molecular formula is C22H21N3O. The van der Waals surface area contributed by atoms with E-state index in [0.717, 1.165) is 28.8 Å². The van der Waals surface area contributed by atoms with Crippen LogP contribution in [0.15, 0.2) is 66.9 Å². The highest BCUT2D eigenvalue weighted by Gasteiger charge is 2.38. The average Bonchev–Trinajstić information content (AvgIpc) is 2.94. The minimum absolute atomic E-state index is 0.0251. The molecule has 0 unspecified atom stereocenters. The number of aromatic nitrogens is 1. The quantitative estimate of drug-likeness (QED) is 0.745. The van der Waals surface area contributed by atoms with Crippen molar-refractivity contribution in [3.05, 3.63) is 89.1 Å². The van der Waals surface area contributed by atoms with Crippen LogP contribution in [0.3, 0.4) is 0 Å². The average molecular weight is 343 g/mol. The topological polar surface area (TPSA) is 45.2 Å². The SMILES string of the molecule is CCc1cccc(N[C@@H]2c3ccccc3C(=O)N2c2cc(C)ccn2)c1. The van der Waals surface area contributed by atoms with Crippen molar-refractivity contribution in [3.8, 4) is 0 Å². The first-order valence-corrected chi connectivity index (χ1v) is 8.88. The number of carbonyl (C=O) groups excluding carboxylic acids is 1. The maximum atomic E-state index is 13.1. The fourth-order valence-electron chi connectivity index (χ4n) is 3.39. The Morgan fingerprint density at radius 2 is 1.92 bits per heavy atom. The van der Waals surface area contributed by atoms with Gasteiger partial charge in [-0.1, -0.05) is 37.3 Å². The first-order valence-electron chi connectivity index (χ1n) is 8.88. The lowest BCUT2D eigenvalue weighted by Crippen LogP contribution is -2.33. The molecule has 4 nitrogen and oxygen atoms in total. The number of hydrogen-bond donors (Lipinski definition) is 1. The van der Waals surface area contributed by atoms with E-state index in [-0.39, 0.29) is 12.1 Å². The molecule has 1 N–H and O–H groups in total. The first-order chi connectivity index (χ1) is 12.7. The lowest BCUT2D eigenvalue weighted by Gasteiger charge is -2.26. The lowest BCUT2D eigenvalue weighted by molar-refractivity contribution is 0.0992. The summed E-state index contributed by atoms with van der Waals surface area (Å²) in [6.45, 7) is 4.14. The molecule has 130 valence electrons. The van der Waals surface area contributed by atoms with Crippen LogP contribution in [0.2, 0.25) is 0 Å². The Kier molecular flexibility index (Phi) is 4.17. The van der Waals surface area contributed by atoms with E-state index in [1.807, 2.05) is 55.5 Å². The van der Waals surface area contributed by atoms with Crippen LogP contribution in [-0.4, -0.2) is 10.9 Å². The Morgan fingerprint density at radius 1 is 1.08 bits per heavy atom. The molecule has 0 saturated carbocycles. The van der Waals surface area contributed by atoms with E-state index in [2.05, 4.69) is 29.4 Å². The number of fused-ring (bicyclic) bond motifs is 1. The fourth-order valence-corrected chi connectivity index (χ4v) is 3.39. The zero-order valence-corrected chi connectivity index (χ0v) is 14.9. The van der Waals surface area contributed by atoms with Gasteiger partial charge in [-0.05, 0) is 54.8 Å². The highest BCUT2D eigenvalue weighted by atomic mass is 16.2. The highest BCUT2D eigenvalue weighted by molar-refractivity contribution is 6.11. The van der Waals surface area contributed by atoms with E-state index in [1.165, 1.54) is 5.56 Å². The molecule has 1 aliphatic heterocycles. The van der Waals surface area contributed by atoms with Crippen LogP contribution in [0.4, 0.5) is 11.5 Å². The van der Waals surface area contributed by atoms with Gasteiger partial charge in [0.05, 0.1) is 0 Å². The normalized spacial score (nSPS) is 15.8. The number of nitrogens with one attached hydrogen (secondary N) is 1. The van der Waals surface area contributed by atoms with E-state index in [1.54, 1.807) is 11.1 Å². The van der Waals surface area contributed by atoms with Crippen molar-refractivity contribution in [3.63, 3.8) is 0 Å². The number of pyridine rings is 1. The van der Waals surface area contributed by atoms with Crippen molar-refractivity contribution in [1.82, 2.24) is 4.98 Å². The third-order valence-electron chi connectivity index (χ3n) is 4.75. The second-order valence-corrected chi connectivity index (χ2v) is 6.55. The number of aryl methyl sites for hydroxylation is 2. The molecule has 0 aliphatic carbocycles. The van der Waals surface area contributed by atoms with Gasteiger partial charge >= 0.3 is 0 Å². The van der Waals surface area contributed by atoms with Crippen LogP contribution in [0, 0.1) is 6.92 Å². The molecule has 26 heavy (non-hydrogen) atoms. The fraction of sp³-hybridized carbons (Fsp3) is 0.182. The van der Waals surface area contributed by atoms with Crippen LogP contribution in [0.25, 0.3) is 0 Å². The van der Waals surface area contributed by atoms with E-state index < -0.39 is 0 Å². The van der Waals surface area contributed by atoms with Gasteiger partial charge in [0.2, 0.25) is 0 Å². The first kappa shape index (κ1) is 16.3. The third kappa shape index (κ3) is 2.84. The molecule has 0 radical (unpaired) electrons. The van der Waals surface area contributed by atoms with E-state index >= 15 is 0 Å². The Morgan fingerprint density at radius 3 is 2.73 bits per heavy atom. The Hall–Kier alpha value is -3.14. The second-order valence-electron chi connectivity index (χ2n) is 6.55. The van der Waals surface area contributed by atoms with Gasteiger partial charge in [0.25, 0.3) is 5.91 Å². The summed E-state index contributed by atoms with van der Waals surface area (Å²) in [5, 5.41) is 3.54. The molecule has 4 rings (SSSR count). The van der Waals surface area contributed by atoms with E-state index in [0.29, 0.717) is 5.82 Å². The summed E-state index contributed by atoms with van der Waals surface area (Å²) in [6, 6.07) is 20.0. The predicted octanol–water partition coefficient (Wildman–Crippen LogP) is 4.72. The van der Waals surface area contributed by atoms with Gasteiger partial charge in [0.15, 0.2) is 0 Å². The number of nitrogens with zero attached hydrogens (tertiary/aromatic N) is 2. The van der Waals surface area contributed by atoms with Crippen molar-refractivity contribution in [2.24, 2.45) is 0 Å². The zero-order valence-electron chi connectivity index (χ0n) is 14.9. The van der Waals surface area contributed by atoms with Crippen LogP contribution in [0.5, 0.6) is 0 Å². The van der Waals surface area contributed by atoms with E-state index in [4.69, 9.17) is 0 Å². The molecular weight excluding hydrogens is 322 g/mol. The maximum absolute atomic E-state index is 13.1. The van der Waals surface area contributed by atoms with Crippen molar-refractivity contribution in [2.45, 2.75) is 26.4 Å². The van der Waals surface area contributed by atoms with Gasteiger partial charge in [-0.2, -0.15) is 0 Å². The van der Waals surface area contributed by atoms with Gasteiger partial charge < -0.3 is 5.32 Å². The van der Waals surface area contributed by atoms with Gasteiger partial charge in [0.1, 0.15) is 12.0 Å². The summed E-state index contributed by atoms with van der Waals surface area (Å²) < 4.78 is 0. The summed E-state index contributed by atoms with van der Waals surface area (Å²) in [7, 11) is 0. The van der Waals surface area contributed by atoms with Gasteiger partial charge in [-0.15, -0.1) is 0 Å². The highest BCUT2D eigenvalue weighted by Crippen LogP contribution is 2.37. The molecule has 0 spiro atoms. The molecule has 0 fully saturated rings. The number of benzene rings is 2. The van der Waals surface area contributed by atoms with Crippen molar-refractivity contribution >= 4 is 17.4 Å². The maximum Gasteiger partial charge on any atom is 0.261 e. The zero-order chi connectivity index (χ0) is 18.1. The number of carbonyl (C=O) groups is 1. The van der Waals surface area contributed by atoms with Gasteiger partial charge in [0, 0.05) is 23.0 Å². The minimum atomic E-state index is -0.278. The summed E-state index contributed by atoms with van der Waals surface area (Å²) in [4.78, 5) is 19.3. The molecule has 0 saturated heterocycles. The van der Waals surface area contributed by atoms with Crippen LogP contribution < -0.4 is 10.2 Å². The van der Waals surface area contributed by atoms with Crippen molar-refractivity contribution in [2.75, 3.05) is 10.2 Å². The summed E-state index contributed by atoms with van der Waals surface area (Å²) in [6.07, 6.45) is 2.44. The molecule has 1 atom stereocenters. The molecule has 1 amide bonds. The lowest BCUT2D eigenvalue weighted by atomic mass is 10.1.